The van der Waals surface area contributed by atoms with Crippen molar-refractivity contribution < 1.29 is 9.53 Å². The van der Waals surface area contributed by atoms with Gasteiger partial charge in [-0.2, -0.15) is 0 Å². The molecule has 10 rings (SSSR count). The molecule has 8 aromatic rings. The van der Waals surface area contributed by atoms with Gasteiger partial charge in [0.2, 0.25) is 11.9 Å². The van der Waals surface area contributed by atoms with E-state index in [-0.39, 0.29) is 38.3 Å². The molecule has 76 heavy (non-hydrogen) atoms. The fourth-order valence-electron chi connectivity index (χ4n) is 10.1. The summed E-state index contributed by atoms with van der Waals surface area (Å²) < 4.78 is 5.34. The highest BCUT2D eigenvalue weighted by atomic mass is 35.5. The predicted molar refractivity (Wildman–Crippen MR) is 319 cm³/mol. The lowest BCUT2D eigenvalue weighted by molar-refractivity contribution is 0.0636. The number of nitrogens with zero attached hydrogens (tertiary/aromatic N) is 6. The van der Waals surface area contributed by atoms with Crippen LogP contribution in [0.15, 0.2) is 122 Å². The largest absolute Gasteiger partial charge is 0.444 e. The molecule has 7 N–H and O–H groups in total. The van der Waals surface area contributed by atoms with Crippen LogP contribution in [-0.2, 0) is 17.8 Å². The van der Waals surface area contributed by atoms with Crippen LogP contribution in [-0.4, -0.2) is 89.7 Å². The fraction of sp³-hybridized carbons (Fsp3) is 0.362. The molecule has 0 unspecified atom stereocenters. The number of ether oxygens (including phenoxy) is 1. The Hall–Kier alpha value is -6.13. The minimum Gasteiger partial charge on any atom is -0.444 e. The monoisotopic (exact) mass is 1110 g/mol. The summed E-state index contributed by atoms with van der Waals surface area (Å²) in [5.41, 5.74) is 14.9. The zero-order chi connectivity index (χ0) is 51.1. The smallest absolute Gasteiger partial charge is 0.412 e. The Kier molecular flexibility index (Phi) is 20.8. The van der Waals surface area contributed by atoms with Crippen LogP contribution in [0, 0.1) is 0 Å². The topological polar surface area (TPSA) is 178 Å². The summed E-state index contributed by atoms with van der Waals surface area (Å²) in [7, 11) is 4.38. The SMILES string of the molecule is C.CN(Cc1ccc(N)cc1)[C@H]1CCC[C@@H](Nc2ncc(Cl)c(-c3c[nH]c4ccccc34)n2)C1.CN(Cc1ccc(NC(=O)OC(C)(C)C)cc1)[C@H]1CCC[C@@H](Nc2ncc(Cl)c(-c3c[nH]c4ccccc34)n2)C1.Cl.Cl. The van der Waals surface area contributed by atoms with Gasteiger partial charge in [-0.3, -0.25) is 15.1 Å². The zero-order valence-corrected chi connectivity index (χ0v) is 46.2. The summed E-state index contributed by atoms with van der Waals surface area (Å²) in [6.45, 7) is 7.29. The molecular weight excluding hydrogens is 1040 g/mol. The number of benzene rings is 4. The number of anilines is 4. The quantitative estimate of drug-likeness (QED) is 0.0606. The van der Waals surface area contributed by atoms with E-state index in [1.807, 2.05) is 87.8 Å². The van der Waals surface area contributed by atoms with Crippen LogP contribution in [0.4, 0.5) is 28.1 Å². The molecule has 1 amide bonds. The summed E-state index contributed by atoms with van der Waals surface area (Å²) in [5, 5.41) is 13.2. The van der Waals surface area contributed by atoms with Crippen molar-refractivity contribution in [2.45, 2.75) is 122 Å². The van der Waals surface area contributed by atoms with E-state index in [2.05, 4.69) is 102 Å². The number of nitrogens with two attached hydrogens (primary N) is 1. The highest BCUT2D eigenvalue weighted by molar-refractivity contribution is 6.33. The number of aromatic amines is 2. The molecule has 18 heteroatoms. The Labute approximate surface area is 469 Å². The van der Waals surface area contributed by atoms with Crippen LogP contribution in [0.2, 0.25) is 10.0 Å². The lowest BCUT2D eigenvalue weighted by atomic mass is 9.90. The summed E-state index contributed by atoms with van der Waals surface area (Å²) in [6.07, 6.45) is 15.7. The maximum absolute atomic E-state index is 12.0. The van der Waals surface area contributed by atoms with E-state index in [0.29, 0.717) is 40.1 Å². The number of carbonyl (C=O) groups excluding carboxylic acids is 1. The number of hydrogen-bond acceptors (Lipinski definition) is 11. The summed E-state index contributed by atoms with van der Waals surface area (Å²) in [5.74, 6) is 1.23. The predicted octanol–water partition coefficient (Wildman–Crippen LogP) is 14.7. The molecule has 2 saturated carbocycles. The van der Waals surface area contributed by atoms with Crippen LogP contribution in [0.3, 0.4) is 0 Å². The van der Waals surface area contributed by atoms with Gasteiger partial charge in [0.1, 0.15) is 5.60 Å². The minimum absolute atomic E-state index is 0. The summed E-state index contributed by atoms with van der Waals surface area (Å²) in [6, 6.07) is 34.0. The number of para-hydroxylation sites is 2. The van der Waals surface area contributed by atoms with E-state index in [1.54, 1.807) is 12.4 Å². The van der Waals surface area contributed by atoms with E-state index in [4.69, 9.17) is 43.6 Å². The number of aromatic nitrogens is 6. The Balaban J connectivity index is 0.000000241. The van der Waals surface area contributed by atoms with Gasteiger partial charge in [0, 0.05) is 94.0 Å². The van der Waals surface area contributed by atoms with Gasteiger partial charge in [0.25, 0.3) is 0 Å². The Morgan fingerprint density at radius 1 is 0.671 bits per heavy atom. The molecule has 4 atom stereocenters. The van der Waals surface area contributed by atoms with Gasteiger partial charge < -0.3 is 31.1 Å². The molecule has 0 radical (unpaired) electrons. The molecule has 0 spiro atoms. The van der Waals surface area contributed by atoms with Crippen molar-refractivity contribution >= 4 is 99.2 Å². The van der Waals surface area contributed by atoms with Crippen LogP contribution >= 0.6 is 48.0 Å². The van der Waals surface area contributed by atoms with Gasteiger partial charge >= 0.3 is 6.09 Å². The highest BCUT2D eigenvalue weighted by Gasteiger charge is 2.28. The van der Waals surface area contributed by atoms with Crippen molar-refractivity contribution in [3.63, 3.8) is 0 Å². The first-order valence-electron chi connectivity index (χ1n) is 25.3. The molecule has 2 aliphatic rings. The van der Waals surface area contributed by atoms with Crippen LogP contribution in [0.5, 0.6) is 0 Å². The van der Waals surface area contributed by atoms with E-state index in [1.165, 1.54) is 24.0 Å². The van der Waals surface area contributed by atoms with Gasteiger partial charge in [-0.1, -0.05) is 91.3 Å². The molecule has 4 heterocycles. The third-order valence-electron chi connectivity index (χ3n) is 13.8. The Morgan fingerprint density at radius 3 is 1.55 bits per heavy atom. The average molecular weight is 1110 g/mol. The molecule has 4 aromatic heterocycles. The number of amides is 1. The van der Waals surface area contributed by atoms with Crippen LogP contribution < -0.4 is 21.7 Å². The Morgan fingerprint density at radius 2 is 1.11 bits per heavy atom. The first kappa shape index (κ1) is 59.1. The number of halogens is 4. The van der Waals surface area contributed by atoms with Gasteiger partial charge in [-0.05, 0) is 134 Å². The van der Waals surface area contributed by atoms with E-state index in [9.17, 15) is 4.79 Å². The van der Waals surface area contributed by atoms with Crippen molar-refractivity contribution in [1.82, 2.24) is 39.7 Å². The van der Waals surface area contributed by atoms with Crippen LogP contribution in [0.25, 0.3) is 44.3 Å². The molecular formula is C58H72Cl4N12O2. The van der Waals surface area contributed by atoms with E-state index >= 15 is 0 Å². The second-order valence-electron chi connectivity index (χ2n) is 20.5. The highest BCUT2D eigenvalue weighted by Crippen LogP contribution is 2.35. The van der Waals surface area contributed by atoms with Crippen molar-refractivity contribution in [3.05, 3.63) is 143 Å². The molecule has 404 valence electrons. The maximum Gasteiger partial charge on any atom is 0.412 e. The Bertz CT molecular complexity index is 3130. The number of rotatable bonds is 13. The third-order valence-corrected chi connectivity index (χ3v) is 14.4. The van der Waals surface area contributed by atoms with Gasteiger partial charge in [0.15, 0.2) is 0 Å². The van der Waals surface area contributed by atoms with Crippen LogP contribution in [0.1, 0.15) is 90.7 Å². The summed E-state index contributed by atoms with van der Waals surface area (Å²) >= 11 is 13.0. The number of hydrogen-bond donors (Lipinski definition) is 6. The van der Waals surface area contributed by atoms with Crippen molar-refractivity contribution in [2.24, 2.45) is 0 Å². The van der Waals surface area contributed by atoms with Gasteiger partial charge in [-0.15, -0.1) is 24.8 Å². The lowest BCUT2D eigenvalue weighted by Crippen LogP contribution is -2.40. The molecule has 4 aromatic carbocycles. The number of fused-ring (bicyclic) bond motifs is 2. The van der Waals surface area contributed by atoms with Crippen molar-refractivity contribution in [3.8, 4) is 22.5 Å². The van der Waals surface area contributed by atoms with Gasteiger partial charge in [-0.25, -0.2) is 24.7 Å². The third kappa shape index (κ3) is 15.3. The number of carbonyl (C=O) groups is 1. The second kappa shape index (κ2) is 26.8. The minimum atomic E-state index is -0.529. The number of nitrogen functional groups attached to an aromatic ring is 1. The average Bonchev–Trinajstić information content (AvgIpc) is 4.01. The lowest BCUT2D eigenvalue weighted by Gasteiger charge is -2.35. The van der Waals surface area contributed by atoms with E-state index in [0.717, 1.165) is 107 Å². The maximum atomic E-state index is 12.0. The normalized spacial score (nSPS) is 17.4. The molecule has 0 bridgehead atoms. The van der Waals surface area contributed by atoms with Gasteiger partial charge in [0.05, 0.1) is 33.8 Å². The number of nitrogens with one attached hydrogen (secondary N) is 5. The molecule has 0 saturated heterocycles. The summed E-state index contributed by atoms with van der Waals surface area (Å²) in [4.78, 5) is 42.1. The molecule has 14 nitrogen and oxygen atoms in total. The first-order chi connectivity index (χ1) is 35.2. The van der Waals surface area contributed by atoms with E-state index < -0.39 is 11.7 Å². The second-order valence-corrected chi connectivity index (χ2v) is 21.3. The molecule has 0 aliphatic heterocycles. The first-order valence-corrected chi connectivity index (χ1v) is 26.0. The molecule has 2 aliphatic carbocycles. The number of H-pyrrole nitrogens is 2. The van der Waals surface area contributed by atoms with Crippen molar-refractivity contribution in [2.75, 3.05) is 35.8 Å². The fourth-order valence-corrected chi connectivity index (χ4v) is 10.5. The standard InChI is InChI=1S/C31H37ClN6O2.C26H29ClN6.CH4.2ClH/c1-31(2,3)40-30(39)36-21-14-12-20(13-15-21)19-38(4)23-9-7-8-22(16-23)35-29-34-18-26(32)28(37-29)25-17-33-27-11-6-5-10-24(25)27;1-33(16-17-9-11-18(28)12-10-17)20-6-4-5-19(13-20)31-26-30-15-23(27)25(32-26)22-14-29-24-8-3-2-7-21(22)24;;;/h5-6,10-15,17-18,22-23,33H,7-9,16,19H2,1-4H3,(H,36,39)(H,34,35,37);2-3,7-12,14-15,19-20,29H,4-6,13,16,28H2,1H3,(H,30,31,32);1H4;2*1H/t22-,23+;19-,20+;;;/m11.../s1. The van der Waals surface area contributed by atoms with Crippen molar-refractivity contribution in [1.29, 1.82) is 0 Å². The zero-order valence-electron chi connectivity index (χ0n) is 43.1. The molecule has 2 fully saturated rings.